The number of para-hydroxylation sites is 1. The molecular weight excluding hydrogens is 438 g/mol. The van der Waals surface area contributed by atoms with Gasteiger partial charge < -0.3 is 10.4 Å². The average Bonchev–Trinajstić information content (AvgIpc) is 3.07. The first-order valence-corrected chi connectivity index (χ1v) is 11.6. The van der Waals surface area contributed by atoms with E-state index in [9.17, 15) is 18.0 Å². The van der Waals surface area contributed by atoms with Crippen LogP contribution in [-0.2, 0) is 27.7 Å². The van der Waals surface area contributed by atoms with Gasteiger partial charge in [-0.15, -0.1) is 0 Å². The number of hydrogen-bond acceptors (Lipinski definition) is 6. The van der Waals surface area contributed by atoms with E-state index >= 15 is 0 Å². The third kappa shape index (κ3) is 5.68. The van der Waals surface area contributed by atoms with E-state index in [-0.39, 0.29) is 20.8 Å². The number of thiazole rings is 1. The summed E-state index contributed by atoms with van der Waals surface area (Å²) in [4.78, 5) is 26.5. The lowest BCUT2D eigenvalue weighted by Gasteiger charge is -2.12. The number of nitrogens with one attached hydrogen (secondary N) is 2. The van der Waals surface area contributed by atoms with Gasteiger partial charge in [0.1, 0.15) is 0 Å². The summed E-state index contributed by atoms with van der Waals surface area (Å²) >= 11 is 0.885. The van der Waals surface area contributed by atoms with E-state index in [0.717, 1.165) is 22.5 Å². The number of carboxylic acids is 1. The molecule has 1 heterocycles. The Bertz CT molecular complexity index is 1240. The quantitative estimate of drug-likeness (QED) is 0.472. The number of carbonyl (C=O) groups is 2. The number of sulfonamides is 1. The smallest absolute Gasteiger partial charge is 0.335 e. The van der Waals surface area contributed by atoms with E-state index in [1.807, 2.05) is 18.2 Å². The van der Waals surface area contributed by atoms with Gasteiger partial charge in [0.25, 0.3) is 10.0 Å². The number of aromatic carboxylic acids is 1. The third-order valence-corrected chi connectivity index (χ3v) is 7.45. The lowest BCUT2D eigenvalue weighted by Crippen LogP contribution is -2.14. The molecular formula is C21H21N3O5S2. The van der Waals surface area contributed by atoms with Crippen molar-refractivity contribution in [1.82, 2.24) is 4.98 Å². The molecule has 3 aromatic rings. The van der Waals surface area contributed by atoms with E-state index in [1.54, 1.807) is 31.2 Å². The number of amides is 1. The molecule has 8 nitrogen and oxygen atoms in total. The molecule has 0 spiro atoms. The Kier molecular flexibility index (Phi) is 6.71. The molecule has 0 aliphatic carbocycles. The number of benzene rings is 2. The number of anilines is 2. The summed E-state index contributed by atoms with van der Waals surface area (Å²) in [6, 6.07) is 13.7. The number of aryl methyl sites for hydroxylation is 3. The van der Waals surface area contributed by atoms with Crippen molar-refractivity contribution in [3.63, 3.8) is 0 Å². The van der Waals surface area contributed by atoms with Crippen LogP contribution in [-0.4, -0.2) is 30.4 Å². The second-order valence-electron chi connectivity index (χ2n) is 6.84. The zero-order valence-electron chi connectivity index (χ0n) is 16.9. The van der Waals surface area contributed by atoms with Gasteiger partial charge in [-0.2, -0.15) is 0 Å². The van der Waals surface area contributed by atoms with Crippen molar-refractivity contribution in [3.8, 4) is 0 Å². The zero-order chi connectivity index (χ0) is 22.6. The Balaban J connectivity index is 1.80. The van der Waals surface area contributed by atoms with Gasteiger partial charge in [0, 0.05) is 6.92 Å². The standard InChI is InChI=1S/C21H21N3O5S2/c1-13-20(30-21(22-13)23-14(2)25)31(28,29)24-18-9-4-3-7-16(18)11-10-15-6-5-8-17(12-15)19(26)27/h3-9,12,24H,10-11H2,1-2H3,(H,26,27)(H,22,23,25). The van der Waals surface area contributed by atoms with E-state index in [2.05, 4.69) is 15.0 Å². The molecule has 0 radical (unpaired) electrons. The highest BCUT2D eigenvalue weighted by Crippen LogP contribution is 2.30. The van der Waals surface area contributed by atoms with Crippen molar-refractivity contribution in [3.05, 3.63) is 70.9 Å². The Morgan fingerprint density at radius 3 is 2.55 bits per heavy atom. The summed E-state index contributed by atoms with van der Waals surface area (Å²) in [5.74, 6) is -1.32. The molecule has 2 aromatic carbocycles. The highest BCUT2D eigenvalue weighted by Gasteiger charge is 2.23. The van der Waals surface area contributed by atoms with Crippen LogP contribution in [0.25, 0.3) is 0 Å². The van der Waals surface area contributed by atoms with Gasteiger partial charge in [0.15, 0.2) is 9.34 Å². The summed E-state index contributed by atoms with van der Waals surface area (Å²) in [5.41, 5.74) is 2.56. The third-order valence-electron chi connectivity index (χ3n) is 4.40. The second-order valence-corrected chi connectivity index (χ2v) is 9.72. The molecule has 0 bridgehead atoms. The number of nitrogens with zero attached hydrogens (tertiary/aromatic N) is 1. The molecule has 162 valence electrons. The van der Waals surface area contributed by atoms with Crippen molar-refractivity contribution in [2.24, 2.45) is 0 Å². The summed E-state index contributed by atoms with van der Waals surface area (Å²) < 4.78 is 28.5. The van der Waals surface area contributed by atoms with Gasteiger partial charge >= 0.3 is 5.97 Å². The maximum absolute atomic E-state index is 12.9. The summed E-state index contributed by atoms with van der Waals surface area (Å²) in [6.07, 6.45) is 1.06. The molecule has 0 aliphatic rings. The lowest BCUT2D eigenvalue weighted by atomic mass is 10.0. The van der Waals surface area contributed by atoms with Crippen LogP contribution in [0.1, 0.15) is 34.1 Å². The van der Waals surface area contributed by atoms with Gasteiger partial charge in [-0.1, -0.05) is 41.7 Å². The highest BCUT2D eigenvalue weighted by molar-refractivity contribution is 7.94. The first-order chi connectivity index (χ1) is 14.7. The molecule has 0 aliphatic heterocycles. The summed E-state index contributed by atoms with van der Waals surface area (Å²) in [5, 5.41) is 11.9. The fraction of sp³-hybridized carbons (Fsp3) is 0.190. The van der Waals surface area contributed by atoms with Gasteiger partial charge in [-0.3, -0.25) is 9.52 Å². The highest BCUT2D eigenvalue weighted by atomic mass is 32.2. The van der Waals surface area contributed by atoms with Crippen molar-refractivity contribution >= 4 is 44.1 Å². The number of rotatable bonds is 8. The Morgan fingerprint density at radius 2 is 1.84 bits per heavy atom. The van der Waals surface area contributed by atoms with Crippen molar-refractivity contribution in [2.45, 2.75) is 30.9 Å². The molecule has 3 N–H and O–H groups in total. The van der Waals surface area contributed by atoms with E-state index in [1.165, 1.54) is 13.0 Å². The molecule has 3 rings (SSSR count). The zero-order valence-corrected chi connectivity index (χ0v) is 18.5. The van der Waals surface area contributed by atoms with E-state index in [4.69, 9.17) is 5.11 Å². The fourth-order valence-corrected chi connectivity index (χ4v) is 5.57. The number of hydrogen-bond donors (Lipinski definition) is 3. The number of carbonyl (C=O) groups excluding carboxylic acids is 1. The summed E-state index contributed by atoms with van der Waals surface area (Å²) in [7, 11) is -3.91. The largest absolute Gasteiger partial charge is 0.478 e. The minimum Gasteiger partial charge on any atom is -0.478 e. The lowest BCUT2D eigenvalue weighted by molar-refractivity contribution is -0.114. The van der Waals surface area contributed by atoms with Crippen LogP contribution in [0.4, 0.5) is 10.8 Å². The first-order valence-electron chi connectivity index (χ1n) is 9.33. The minimum absolute atomic E-state index is 0.0280. The maximum atomic E-state index is 12.9. The predicted octanol–water partition coefficient (Wildman–Crippen LogP) is 3.69. The maximum Gasteiger partial charge on any atom is 0.335 e. The molecule has 0 atom stereocenters. The molecule has 1 amide bonds. The minimum atomic E-state index is -3.91. The van der Waals surface area contributed by atoms with Crippen LogP contribution in [0, 0.1) is 6.92 Å². The van der Waals surface area contributed by atoms with Crippen molar-refractivity contribution < 1.29 is 23.1 Å². The second kappa shape index (κ2) is 9.27. The van der Waals surface area contributed by atoms with E-state index < -0.39 is 16.0 Å². The van der Waals surface area contributed by atoms with Crippen LogP contribution >= 0.6 is 11.3 Å². The topological polar surface area (TPSA) is 125 Å². The molecule has 0 unspecified atom stereocenters. The molecule has 0 saturated carbocycles. The average molecular weight is 460 g/mol. The summed E-state index contributed by atoms with van der Waals surface area (Å²) in [6.45, 7) is 2.89. The van der Waals surface area contributed by atoms with Gasteiger partial charge in [-0.05, 0) is 49.1 Å². The SMILES string of the molecule is CC(=O)Nc1nc(C)c(S(=O)(=O)Nc2ccccc2CCc2cccc(C(=O)O)c2)s1. The van der Waals surface area contributed by atoms with Crippen LogP contribution in [0.2, 0.25) is 0 Å². The van der Waals surface area contributed by atoms with Gasteiger partial charge in [0.05, 0.1) is 16.9 Å². The normalized spacial score (nSPS) is 11.2. The van der Waals surface area contributed by atoms with Gasteiger partial charge in [-0.25, -0.2) is 18.2 Å². The Hall–Kier alpha value is -3.24. The molecule has 0 fully saturated rings. The first kappa shape index (κ1) is 22.4. The predicted molar refractivity (Wildman–Crippen MR) is 119 cm³/mol. The Labute approximate surface area is 184 Å². The van der Waals surface area contributed by atoms with Crippen molar-refractivity contribution in [2.75, 3.05) is 10.0 Å². The molecule has 31 heavy (non-hydrogen) atoms. The molecule has 0 saturated heterocycles. The van der Waals surface area contributed by atoms with Crippen molar-refractivity contribution in [1.29, 1.82) is 0 Å². The van der Waals surface area contributed by atoms with Gasteiger partial charge in [0.2, 0.25) is 5.91 Å². The monoisotopic (exact) mass is 459 g/mol. The number of carboxylic acid groups (broad SMARTS) is 1. The van der Waals surface area contributed by atoms with E-state index in [0.29, 0.717) is 24.2 Å². The molecule has 10 heteroatoms. The van der Waals surface area contributed by atoms with Crippen LogP contribution < -0.4 is 10.0 Å². The molecule has 1 aromatic heterocycles. The van der Waals surface area contributed by atoms with Crippen LogP contribution in [0.15, 0.2) is 52.7 Å². The number of aromatic nitrogens is 1. The fourth-order valence-electron chi connectivity index (χ4n) is 3.00. The van der Waals surface area contributed by atoms with Crippen LogP contribution in [0.5, 0.6) is 0 Å². The Morgan fingerprint density at radius 1 is 1.10 bits per heavy atom. The van der Waals surface area contributed by atoms with Crippen LogP contribution in [0.3, 0.4) is 0 Å².